The molecule has 1 rings (SSSR count). The molecule has 0 fully saturated rings. The molecule has 1 N–H and O–H groups in total. The lowest BCUT2D eigenvalue weighted by Gasteiger charge is -2.16. The third-order valence-electron chi connectivity index (χ3n) is 2.70. The van der Waals surface area contributed by atoms with Crippen LogP contribution in [0.2, 0.25) is 0 Å². The number of nitrogens with zero attached hydrogens (tertiary/aromatic N) is 1. The Labute approximate surface area is 112 Å². The Morgan fingerprint density at radius 3 is 2.53 bits per heavy atom. The van der Waals surface area contributed by atoms with Gasteiger partial charge in [0.15, 0.2) is 0 Å². The zero-order chi connectivity index (χ0) is 14.1. The molecule has 0 atom stereocenters. The van der Waals surface area contributed by atoms with Crippen LogP contribution in [0.1, 0.15) is 19.3 Å². The number of aliphatic carboxylic acids is 1. The molecule has 1 aromatic carbocycles. The van der Waals surface area contributed by atoms with E-state index in [9.17, 15) is 9.18 Å². The van der Waals surface area contributed by atoms with E-state index in [1.165, 1.54) is 12.1 Å². The van der Waals surface area contributed by atoms with Crippen LogP contribution in [0.3, 0.4) is 0 Å². The quantitative estimate of drug-likeness (QED) is 0.699. The maximum Gasteiger partial charge on any atom is 0.303 e. The topological polar surface area (TPSA) is 49.8 Å². The van der Waals surface area contributed by atoms with Crippen LogP contribution >= 0.6 is 0 Å². The number of hydrogen-bond acceptors (Lipinski definition) is 3. The third kappa shape index (κ3) is 7.41. The van der Waals surface area contributed by atoms with Crippen LogP contribution in [-0.4, -0.2) is 42.7 Å². The van der Waals surface area contributed by atoms with Crippen molar-refractivity contribution in [1.82, 2.24) is 4.90 Å². The van der Waals surface area contributed by atoms with Gasteiger partial charge in [0.25, 0.3) is 0 Å². The summed E-state index contributed by atoms with van der Waals surface area (Å²) in [5, 5.41) is 8.52. The first-order valence-electron chi connectivity index (χ1n) is 6.36. The van der Waals surface area contributed by atoms with Gasteiger partial charge in [-0.25, -0.2) is 4.39 Å². The molecular formula is C14H20FNO3. The average molecular weight is 269 g/mol. The SMILES string of the molecule is CN(CCCOc1ccc(F)cc1)CCCC(=O)O. The number of ether oxygens (including phenoxy) is 1. The molecule has 0 unspecified atom stereocenters. The highest BCUT2D eigenvalue weighted by atomic mass is 19.1. The second kappa shape index (κ2) is 8.48. The van der Waals surface area contributed by atoms with Crippen LogP contribution in [0, 0.1) is 5.82 Å². The Morgan fingerprint density at radius 1 is 1.26 bits per heavy atom. The minimum atomic E-state index is -0.756. The van der Waals surface area contributed by atoms with Gasteiger partial charge in [-0.05, 0) is 50.7 Å². The molecule has 4 nitrogen and oxygen atoms in total. The van der Waals surface area contributed by atoms with Crippen LogP contribution in [-0.2, 0) is 4.79 Å². The van der Waals surface area contributed by atoms with Crippen LogP contribution in [0.25, 0.3) is 0 Å². The van der Waals surface area contributed by atoms with E-state index in [1.807, 2.05) is 7.05 Å². The van der Waals surface area contributed by atoms with Gasteiger partial charge in [-0.3, -0.25) is 4.79 Å². The predicted molar refractivity (Wildman–Crippen MR) is 70.9 cm³/mol. The standard InChI is InChI=1S/C14H20FNO3/c1-16(9-2-4-14(17)18)10-3-11-19-13-7-5-12(15)6-8-13/h5-8H,2-4,9-11H2,1H3,(H,17,18). The van der Waals surface area contributed by atoms with Crippen LogP contribution < -0.4 is 4.74 Å². The number of carboxylic acids is 1. The first-order chi connectivity index (χ1) is 9.08. The Morgan fingerprint density at radius 2 is 1.89 bits per heavy atom. The molecule has 0 amide bonds. The average Bonchev–Trinajstić information content (AvgIpc) is 2.36. The van der Waals surface area contributed by atoms with Crippen molar-refractivity contribution in [3.8, 4) is 5.75 Å². The molecule has 19 heavy (non-hydrogen) atoms. The van der Waals surface area contributed by atoms with Crippen molar-refractivity contribution in [2.45, 2.75) is 19.3 Å². The number of benzene rings is 1. The van der Waals surface area contributed by atoms with Gasteiger partial charge in [0.1, 0.15) is 11.6 Å². The van der Waals surface area contributed by atoms with Gasteiger partial charge in [0.05, 0.1) is 6.61 Å². The Kier molecular flexibility index (Phi) is 6.89. The summed E-state index contributed by atoms with van der Waals surface area (Å²) in [5.41, 5.74) is 0. The van der Waals surface area contributed by atoms with E-state index < -0.39 is 5.97 Å². The largest absolute Gasteiger partial charge is 0.494 e. The fourth-order valence-corrected chi connectivity index (χ4v) is 1.67. The number of carbonyl (C=O) groups is 1. The van der Waals surface area contributed by atoms with E-state index in [2.05, 4.69) is 4.90 Å². The molecule has 0 aliphatic rings. The summed E-state index contributed by atoms with van der Waals surface area (Å²) in [4.78, 5) is 12.4. The minimum Gasteiger partial charge on any atom is -0.494 e. The monoisotopic (exact) mass is 269 g/mol. The fraction of sp³-hybridized carbons (Fsp3) is 0.500. The smallest absolute Gasteiger partial charge is 0.303 e. The van der Waals surface area contributed by atoms with Gasteiger partial charge in [-0.1, -0.05) is 0 Å². The van der Waals surface area contributed by atoms with Gasteiger partial charge in [-0.15, -0.1) is 0 Å². The molecule has 0 saturated heterocycles. The molecule has 0 heterocycles. The Hall–Kier alpha value is -1.62. The van der Waals surface area contributed by atoms with Gasteiger partial charge in [0, 0.05) is 13.0 Å². The number of halogens is 1. The van der Waals surface area contributed by atoms with E-state index >= 15 is 0 Å². The van der Waals surface area contributed by atoms with Crippen molar-refractivity contribution in [1.29, 1.82) is 0 Å². The zero-order valence-corrected chi connectivity index (χ0v) is 11.1. The highest BCUT2D eigenvalue weighted by Gasteiger charge is 2.01. The summed E-state index contributed by atoms with van der Waals surface area (Å²) >= 11 is 0. The molecule has 5 heteroatoms. The summed E-state index contributed by atoms with van der Waals surface area (Å²) in [6.45, 7) is 2.18. The molecule has 1 aromatic rings. The normalized spacial score (nSPS) is 10.7. The highest BCUT2D eigenvalue weighted by Crippen LogP contribution is 2.11. The van der Waals surface area contributed by atoms with Crippen molar-refractivity contribution in [2.24, 2.45) is 0 Å². The second-order valence-electron chi connectivity index (χ2n) is 4.46. The van der Waals surface area contributed by atoms with E-state index in [-0.39, 0.29) is 12.2 Å². The number of rotatable bonds is 9. The first-order valence-corrected chi connectivity index (χ1v) is 6.36. The van der Waals surface area contributed by atoms with Crippen LogP contribution in [0.15, 0.2) is 24.3 Å². The highest BCUT2D eigenvalue weighted by molar-refractivity contribution is 5.66. The van der Waals surface area contributed by atoms with Crippen LogP contribution in [0.5, 0.6) is 5.75 Å². The predicted octanol–water partition coefficient (Wildman–Crippen LogP) is 2.39. The third-order valence-corrected chi connectivity index (χ3v) is 2.70. The van der Waals surface area contributed by atoms with Gasteiger partial charge in [0.2, 0.25) is 0 Å². The summed E-state index contributed by atoms with van der Waals surface area (Å²) in [6.07, 6.45) is 1.71. The molecule has 0 saturated carbocycles. The van der Waals surface area contributed by atoms with Crippen molar-refractivity contribution < 1.29 is 19.0 Å². The molecule has 0 bridgehead atoms. The zero-order valence-electron chi connectivity index (χ0n) is 11.1. The van der Waals surface area contributed by atoms with Crippen LogP contribution in [0.4, 0.5) is 4.39 Å². The Bertz CT molecular complexity index is 381. The van der Waals surface area contributed by atoms with Crippen molar-refractivity contribution >= 4 is 5.97 Å². The molecule has 0 spiro atoms. The summed E-state index contributed by atoms with van der Waals surface area (Å²) in [7, 11) is 1.96. The number of hydrogen-bond donors (Lipinski definition) is 1. The van der Waals surface area contributed by atoms with Crippen molar-refractivity contribution in [2.75, 3.05) is 26.7 Å². The van der Waals surface area contributed by atoms with Gasteiger partial charge >= 0.3 is 5.97 Å². The van der Waals surface area contributed by atoms with E-state index in [0.717, 1.165) is 19.5 Å². The molecule has 0 aliphatic carbocycles. The lowest BCUT2D eigenvalue weighted by molar-refractivity contribution is -0.137. The maximum atomic E-state index is 12.7. The Balaban J connectivity index is 2.06. The van der Waals surface area contributed by atoms with Gasteiger partial charge in [-0.2, -0.15) is 0 Å². The summed E-state index contributed by atoms with van der Waals surface area (Å²) < 4.78 is 18.1. The number of carboxylic acid groups (broad SMARTS) is 1. The second-order valence-corrected chi connectivity index (χ2v) is 4.46. The van der Waals surface area contributed by atoms with E-state index in [1.54, 1.807) is 12.1 Å². The van der Waals surface area contributed by atoms with E-state index in [4.69, 9.17) is 9.84 Å². The molecule has 0 radical (unpaired) electrons. The molecule has 106 valence electrons. The minimum absolute atomic E-state index is 0.205. The summed E-state index contributed by atoms with van der Waals surface area (Å²) in [5.74, 6) is -0.367. The maximum absolute atomic E-state index is 12.7. The lowest BCUT2D eigenvalue weighted by Crippen LogP contribution is -2.23. The fourth-order valence-electron chi connectivity index (χ4n) is 1.67. The summed E-state index contributed by atoms with van der Waals surface area (Å²) in [6, 6.07) is 5.94. The molecule has 0 aromatic heterocycles. The van der Waals surface area contributed by atoms with Crippen molar-refractivity contribution in [3.05, 3.63) is 30.1 Å². The first kappa shape index (κ1) is 15.4. The van der Waals surface area contributed by atoms with Crippen molar-refractivity contribution in [3.63, 3.8) is 0 Å². The van der Waals surface area contributed by atoms with E-state index in [0.29, 0.717) is 18.8 Å². The molecule has 0 aliphatic heterocycles. The lowest BCUT2D eigenvalue weighted by atomic mass is 10.3. The van der Waals surface area contributed by atoms with Gasteiger partial charge < -0.3 is 14.7 Å². The molecular weight excluding hydrogens is 249 g/mol.